The summed E-state index contributed by atoms with van der Waals surface area (Å²) >= 11 is 1.55. The number of anilines is 1. The first-order chi connectivity index (χ1) is 15.1. The molecule has 1 amide bonds. The quantitative estimate of drug-likeness (QED) is 0.422. The Kier molecular flexibility index (Phi) is 5.01. The number of para-hydroxylation sites is 1. The minimum Gasteiger partial charge on any atom is -0.312 e. The summed E-state index contributed by atoms with van der Waals surface area (Å²) < 4.78 is 0. The maximum atomic E-state index is 13.4. The molecular formula is C26H21N3OS. The number of hydrogen-bond donors (Lipinski definition) is 1. The fraction of sp³-hybridized carbons (Fsp3) is 0.192. The van der Waals surface area contributed by atoms with E-state index in [1.165, 1.54) is 4.88 Å². The van der Waals surface area contributed by atoms with Crippen LogP contribution >= 0.6 is 11.3 Å². The van der Waals surface area contributed by atoms with Gasteiger partial charge in [-0.15, -0.1) is 11.3 Å². The molecule has 4 aromatic rings. The SMILES string of the molecule is Cc1cccc(-c2cc(C(=O)Nc3sc4c(c3C#N)CCCC4)c3ccccc3n2)c1. The van der Waals surface area contributed by atoms with Gasteiger partial charge in [0.25, 0.3) is 5.91 Å². The van der Waals surface area contributed by atoms with E-state index in [1.54, 1.807) is 11.3 Å². The van der Waals surface area contributed by atoms with Gasteiger partial charge in [0.05, 0.1) is 22.3 Å². The maximum Gasteiger partial charge on any atom is 0.257 e. The molecule has 0 aliphatic heterocycles. The standard InChI is InChI=1S/C26H21N3OS/c1-16-7-6-8-17(13-16)23-14-20(18-9-2-4-11-22(18)28-23)25(30)29-26-21(15-27)19-10-3-5-12-24(19)31-26/h2,4,6-9,11,13-14H,3,5,10,12H2,1H3,(H,29,30). The molecule has 2 aromatic carbocycles. The smallest absolute Gasteiger partial charge is 0.257 e. The highest BCUT2D eigenvalue weighted by Gasteiger charge is 2.23. The Morgan fingerprint density at radius 2 is 1.94 bits per heavy atom. The van der Waals surface area contributed by atoms with Crippen LogP contribution in [0.3, 0.4) is 0 Å². The van der Waals surface area contributed by atoms with Crippen molar-refractivity contribution in [2.75, 3.05) is 5.32 Å². The van der Waals surface area contributed by atoms with Gasteiger partial charge in [-0.3, -0.25) is 4.79 Å². The molecule has 0 spiro atoms. The van der Waals surface area contributed by atoms with Crippen molar-refractivity contribution in [2.24, 2.45) is 0 Å². The van der Waals surface area contributed by atoms with E-state index in [4.69, 9.17) is 4.98 Å². The lowest BCUT2D eigenvalue weighted by Gasteiger charge is -2.11. The lowest BCUT2D eigenvalue weighted by molar-refractivity contribution is 0.102. The Morgan fingerprint density at radius 3 is 2.77 bits per heavy atom. The molecule has 0 bridgehead atoms. The van der Waals surface area contributed by atoms with E-state index in [-0.39, 0.29) is 5.91 Å². The van der Waals surface area contributed by atoms with Crippen molar-refractivity contribution >= 4 is 33.1 Å². The molecule has 2 heterocycles. The fourth-order valence-electron chi connectivity index (χ4n) is 4.26. The third-order valence-corrected chi connectivity index (χ3v) is 6.99. The zero-order valence-corrected chi connectivity index (χ0v) is 18.1. The highest BCUT2D eigenvalue weighted by molar-refractivity contribution is 7.16. The number of carbonyl (C=O) groups excluding carboxylic acids is 1. The molecular weight excluding hydrogens is 402 g/mol. The second-order valence-electron chi connectivity index (χ2n) is 7.92. The molecule has 0 atom stereocenters. The second-order valence-corrected chi connectivity index (χ2v) is 9.03. The Bertz CT molecular complexity index is 1360. The molecule has 152 valence electrons. The minimum atomic E-state index is -0.206. The van der Waals surface area contributed by atoms with Crippen LogP contribution in [-0.4, -0.2) is 10.9 Å². The number of rotatable bonds is 3. The average molecular weight is 424 g/mol. The number of pyridine rings is 1. The lowest BCUT2D eigenvalue weighted by atomic mass is 9.96. The summed E-state index contributed by atoms with van der Waals surface area (Å²) in [6.45, 7) is 2.04. The number of carbonyl (C=O) groups is 1. The van der Waals surface area contributed by atoms with Gasteiger partial charge in [0.1, 0.15) is 11.1 Å². The van der Waals surface area contributed by atoms with Gasteiger partial charge >= 0.3 is 0 Å². The van der Waals surface area contributed by atoms with E-state index in [0.717, 1.165) is 59.0 Å². The first-order valence-corrected chi connectivity index (χ1v) is 11.3. The number of nitrogens with one attached hydrogen (secondary N) is 1. The molecule has 0 saturated carbocycles. The lowest BCUT2D eigenvalue weighted by Crippen LogP contribution is -2.13. The van der Waals surface area contributed by atoms with Gasteiger partial charge in [-0.1, -0.05) is 42.0 Å². The molecule has 2 aromatic heterocycles. The summed E-state index contributed by atoms with van der Waals surface area (Å²) in [4.78, 5) is 19.4. The van der Waals surface area contributed by atoms with Crippen LogP contribution in [0.4, 0.5) is 5.00 Å². The van der Waals surface area contributed by atoms with Crippen LogP contribution in [0.15, 0.2) is 54.6 Å². The van der Waals surface area contributed by atoms with Gasteiger partial charge in [0.15, 0.2) is 0 Å². The summed E-state index contributed by atoms with van der Waals surface area (Å²) in [5.74, 6) is -0.206. The molecule has 1 aliphatic rings. The number of aromatic nitrogens is 1. The Labute approximate surface area is 185 Å². The van der Waals surface area contributed by atoms with Crippen LogP contribution in [0.2, 0.25) is 0 Å². The van der Waals surface area contributed by atoms with E-state index < -0.39 is 0 Å². The van der Waals surface area contributed by atoms with Gasteiger partial charge in [0.2, 0.25) is 0 Å². The molecule has 4 nitrogen and oxygen atoms in total. The molecule has 1 aliphatic carbocycles. The first kappa shape index (κ1) is 19.5. The average Bonchev–Trinajstić information content (AvgIpc) is 3.15. The number of aryl methyl sites for hydroxylation is 2. The van der Waals surface area contributed by atoms with Crippen LogP contribution in [0.25, 0.3) is 22.2 Å². The number of benzene rings is 2. The summed E-state index contributed by atoms with van der Waals surface area (Å²) in [5.41, 5.74) is 5.97. The number of thiophene rings is 1. The summed E-state index contributed by atoms with van der Waals surface area (Å²) in [6, 6.07) is 20.0. The van der Waals surface area contributed by atoms with Crippen molar-refractivity contribution in [1.82, 2.24) is 4.98 Å². The van der Waals surface area contributed by atoms with Crippen molar-refractivity contribution < 1.29 is 4.79 Å². The normalized spacial score (nSPS) is 12.9. The highest BCUT2D eigenvalue weighted by atomic mass is 32.1. The van der Waals surface area contributed by atoms with Crippen molar-refractivity contribution in [2.45, 2.75) is 32.6 Å². The molecule has 1 N–H and O–H groups in total. The molecule has 0 unspecified atom stereocenters. The predicted octanol–water partition coefficient (Wildman–Crippen LogP) is 6.27. The Balaban J connectivity index is 1.59. The number of nitriles is 1. The monoisotopic (exact) mass is 423 g/mol. The van der Waals surface area contributed by atoms with Gasteiger partial charge < -0.3 is 5.32 Å². The van der Waals surface area contributed by atoms with Crippen LogP contribution < -0.4 is 5.32 Å². The molecule has 0 radical (unpaired) electrons. The van der Waals surface area contributed by atoms with Crippen LogP contribution in [-0.2, 0) is 12.8 Å². The zero-order chi connectivity index (χ0) is 21.4. The number of hydrogen-bond acceptors (Lipinski definition) is 4. The molecule has 0 saturated heterocycles. The first-order valence-electron chi connectivity index (χ1n) is 10.5. The molecule has 31 heavy (non-hydrogen) atoms. The third kappa shape index (κ3) is 3.60. The summed E-state index contributed by atoms with van der Waals surface area (Å²) in [7, 11) is 0. The maximum absolute atomic E-state index is 13.4. The van der Waals surface area contributed by atoms with Gasteiger partial charge in [-0.2, -0.15) is 5.26 Å². The van der Waals surface area contributed by atoms with Gasteiger partial charge in [-0.05, 0) is 56.4 Å². The van der Waals surface area contributed by atoms with Crippen molar-refractivity contribution in [3.63, 3.8) is 0 Å². The van der Waals surface area contributed by atoms with E-state index in [2.05, 4.69) is 17.5 Å². The van der Waals surface area contributed by atoms with E-state index in [0.29, 0.717) is 16.1 Å². The largest absolute Gasteiger partial charge is 0.312 e. The Hall–Kier alpha value is -3.49. The van der Waals surface area contributed by atoms with Gasteiger partial charge in [-0.25, -0.2) is 4.98 Å². The highest BCUT2D eigenvalue weighted by Crippen LogP contribution is 2.38. The minimum absolute atomic E-state index is 0.206. The summed E-state index contributed by atoms with van der Waals surface area (Å²) in [6.07, 6.45) is 4.14. The fourth-order valence-corrected chi connectivity index (χ4v) is 5.49. The van der Waals surface area contributed by atoms with E-state index in [9.17, 15) is 10.1 Å². The van der Waals surface area contributed by atoms with Crippen LogP contribution in [0.5, 0.6) is 0 Å². The van der Waals surface area contributed by atoms with Gasteiger partial charge in [0, 0.05) is 15.8 Å². The van der Waals surface area contributed by atoms with Crippen LogP contribution in [0.1, 0.15) is 44.8 Å². The number of nitrogens with zero attached hydrogens (tertiary/aromatic N) is 2. The number of fused-ring (bicyclic) bond motifs is 2. The van der Waals surface area contributed by atoms with Crippen molar-refractivity contribution in [3.05, 3.63) is 81.7 Å². The molecule has 0 fully saturated rings. The van der Waals surface area contributed by atoms with Crippen molar-refractivity contribution in [1.29, 1.82) is 5.26 Å². The molecule has 5 heteroatoms. The second kappa shape index (κ2) is 7.98. The van der Waals surface area contributed by atoms with E-state index >= 15 is 0 Å². The number of amides is 1. The topological polar surface area (TPSA) is 65.8 Å². The molecule has 5 rings (SSSR count). The van der Waals surface area contributed by atoms with E-state index in [1.807, 2.05) is 55.5 Å². The zero-order valence-electron chi connectivity index (χ0n) is 17.2. The van der Waals surface area contributed by atoms with Crippen molar-refractivity contribution in [3.8, 4) is 17.3 Å². The Morgan fingerprint density at radius 1 is 1.10 bits per heavy atom. The summed E-state index contributed by atoms with van der Waals surface area (Å²) in [5, 5.41) is 14.2. The third-order valence-electron chi connectivity index (χ3n) is 5.78. The predicted molar refractivity (Wildman–Crippen MR) is 126 cm³/mol. The van der Waals surface area contributed by atoms with Crippen LogP contribution in [0, 0.1) is 18.3 Å².